The van der Waals surface area contributed by atoms with Gasteiger partial charge in [-0.2, -0.15) is 0 Å². The first-order valence-electron chi connectivity index (χ1n) is 19.8. The molecule has 0 aliphatic heterocycles. The molecule has 0 fully saturated rings. The summed E-state index contributed by atoms with van der Waals surface area (Å²) in [6.07, 6.45) is 0. The van der Waals surface area contributed by atoms with Crippen LogP contribution in [0.15, 0.2) is 168 Å². The minimum absolute atomic E-state index is 0.0690. The highest BCUT2D eigenvalue weighted by Gasteiger charge is 2.35. The van der Waals surface area contributed by atoms with Crippen molar-refractivity contribution in [1.29, 1.82) is 0 Å². The fourth-order valence-electron chi connectivity index (χ4n) is 7.68. The van der Waals surface area contributed by atoms with Gasteiger partial charge in [0.15, 0.2) is 17.5 Å². The molecule has 1 aliphatic rings. The standard InChI is InChI=1S/C48H33N3O/c1-48(2)40-23-13-12-21-35(40)38-27-33(25-26-41(38)48)46-49-45(32-19-10-5-11-20-32)50-47(51-46)36-22-14-24-42-43(36)39-29-34(30-15-6-3-7-16-30)28-37(44(39)52-42)31-17-8-4-9-18-31/h3-29H,1-2H3/i4D,8D,9D,17D,18D. The molecule has 7 aromatic carbocycles. The predicted molar refractivity (Wildman–Crippen MR) is 212 cm³/mol. The molecule has 0 amide bonds. The molecule has 0 saturated heterocycles. The Labute approximate surface area is 309 Å². The Bertz CT molecular complexity index is 3080. The van der Waals surface area contributed by atoms with Crippen molar-refractivity contribution in [1.82, 2.24) is 15.0 Å². The summed E-state index contributed by atoms with van der Waals surface area (Å²) in [4.78, 5) is 15.3. The zero-order valence-corrected chi connectivity index (χ0v) is 28.5. The van der Waals surface area contributed by atoms with Gasteiger partial charge in [-0.1, -0.05) is 153 Å². The maximum Gasteiger partial charge on any atom is 0.164 e. The van der Waals surface area contributed by atoms with Gasteiger partial charge in [0.2, 0.25) is 0 Å². The van der Waals surface area contributed by atoms with Crippen LogP contribution in [0.3, 0.4) is 0 Å². The minimum Gasteiger partial charge on any atom is -0.455 e. The number of nitrogens with zero attached hydrogens (tertiary/aromatic N) is 3. The summed E-state index contributed by atoms with van der Waals surface area (Å²) in [6, 6.07) is 42.4. The van der Waals surface area contributed by atoms with E-state index in [4.69, 9.17) is 26.2 Å². The predicted octanol–water partition coefficient (Wildman–Crippen LogP) is 12.4. The lowest BCUT2D eigenvalue weighted by Crippen LogP contribution is -2.14. The number of furan rings is 1. The summed E-state index contributed by atoms with van der Waals surface area (Å²) in [5.41, 5.74) is 10.3. The van der Waals surface area contributed by atoms with Gasteiger partial charge in [0, 0.05) is 38.4 Å². The lowest BCUT2D eigenvalue weighted by Gasteiger charge is -2.21. The molecule has 0 N–H and O–H groups in total. The van der Waals surface area contributed by atoms with E-state index >= 15 is 0 Å². The SMILES string of the molecule is [2H]c1c([2H])c([2H])c(-c2cc(-c3ccccc3)cc3c2oc2cccc(-c4nc(-c5ccccc5)nc(-c5ccc6c(c5)-c5ccccc5C6(C)C)n4)c23)c([2H])c1[2H]. The number of hydrogen-bond donors (Lipinski definition) is 0. The fourth-order valence-corrected chi connectivity index (χ4v) is 7.68. The number of rotatable bonds is 5. The van der Waals surface area contributed by atoms with E-state index in [9.17, 15) is 0 Å². The zero-order valence-electron chi connectivity index (χ0n) is 33.5. The van der Waals surface area contributed by atoms with Crippen molar-refractivity contribution in [2.45, 2.75) is 19.3 Å². The third kappa shape index (κ3) is 4.79. The summed E-state index contributed by atoms with van der Waals surface area (Å²) in [6.45, 7) is 4.52. The van der Waals surface area contributed by atoms with Crippen LogP contribution in [0.4, 0.5) is 0 Å². The Kier molecular flexibility index (Phi) is 5.70. The Morgan fingerprint density at radius 2 is 1.12 bits per heavy atom. The molecule has 0 atom stereocenters. The third-order valence-electron chi connectivity index (χ3n) is 10.2. The average molecular weight is 673 g/mol. The van der Waals surface area contributed by atoms with Crippen molar-refractivity contribution >= 4 is 21.9 Å². The van der Waals surface area contributed by atoms with Gasteiger partial charge in [0.1, 0.15) is 11.2 Å². The van der Waals surface area contributed by atoms with Crippen LogP contribution in [0, 0.1) is 0 Å². The average Bonchev–Trinajstić information content (AvgIpc) is 3.74. The van der Waals surface area contributed by atoms with Crippen LogP contribution >= 0.6 is 0 Å². The molecule has 1 aliphatic carbocycles. The molecule has 246 valence electrons. The van der Waals surface area contributed by atoms with Crippen LogP contribution in [0.5, 0.6) is 0 Å². The van der Waals surface area contributed by atoms with Gasteiger partial charge < -0.3 is 4.42 Å². The van der Waals surface area contributed by atoms with E-state index in [2.05, 4.69) is 56.3 Å². The van der Waals surface area contributed by atoms with Crippen LogP contribution in [0.2, 0.25) is 0 Å². The molecular formula is C48H33N3O. The van der Waals surface area contributed by atoms with Crippen molar-refractivity contribution < 1.29 is 11.3 Å². The number of hydrogen-bond acceptors (Lipinski definition) is 4. The first-order chi connectivity index (χ1) is 27.6. The largest absolute Gasteiger partial charge is 0.455 e. The van der Waals surface area contributed by atoms with Crippen LogP contribution in [0.25, 0.3) is 89.5 Å². The van der Waals surface area contributed by atoms with Crippen molar-refractivity contribution in [2.75, 3.05) is 0 Å². The van der Waals surface area contributed by atoms with E-state index in [0.29, 0.717) is 45.2 Å². The molecule has 2 aromatic heterocycles. The Morgan fingerprint density at radius 1 is 0.481 bits per heavy atom. The first-order valence-corrected chi connectivity index (χ1v) is 17.3. The summed E-state index contributed by atoms with van der Waals surface area (Å²) in [5, 5.41) is 1.43. The van der Waals surface area contributed by atoms with Crippen LogP contribution in [-0.2, 0) is 5.41 Å². The number of fused-ring (bicyclic) bond motifs is 6. The van der Waals surface area contributed by atoms with Crippen LogP contribution < -0.4 is 0 Å². The highest BCUT2D eigenvalue weighted by Crippen LogP contribution is 2.49. The van der Waals surface area contributed by atoms with Gasteiger partial charge in [-0.15, -0.1) is 0 Å². The summed E-state index contributed by atoms with van der Waals surface area (Å²) >= 11 is 0. The van der Waals surface area contributed by atoms with Gasteiger partial charge in [0.05, 0.1) is 6.85 Å². The van der Waals surface area contributed by atoms with Gasteiger partial charge in [-0.05, 0) is 63.2 Å². The molecular weight excluding hydrogens is 635 g/mol. The summed E-state index contributed by atoms with van der Waals surface area (Å²) < 4.78 is 49.7. The molecule has 0 spiro atoms. The zero-order chi connectivity index (χ0) is 39.2. The molecule has 0 saturated carbocycles. The second-order valence-corrected chi connectivity index (χ2v) is 13.7. The molecule has 0 bridgehead atoms. The molecule has 10 rings (SSSR count). The lowest BCUT2D eigenvalue weighted by atomic mass is 9.82. The van der Waals surface area contributed by atoms with E-state index in [1.165, 1.54) is 16.7 Å². The molecule has 4 nitrogen and oxygen atoms in total. The molecule has 2 heterocycles. The maximum absolute atomic E-state index is 8.91. The number of benzene rings is 7. The van der Waals surface area contributed by atoms with E-state index in [1.807, 2.05) is 91.0 Å². The first kappa shape index (κ1) is 25.3. The molecule has 0 radical (unpaired) electrons. The normalized spacial score (nSPS) is 14.3. The van der Waals surface area contributed by atoms with E-state index in [1.54, 1.807) is 0 Å². The topological polar surface area (TPSA) is 51.8 Å². The van der Waals surface area contributed by atoms with Crippen LogP contribution in [-0.4, -0.2) is 15.0 Å². The van der Waals surface area contributed by atoms with E-state index in [0.717, 1.165) is 33.2 Å². The Morgan fingerprint density at radius 3 is 1.90 bits per heavy atom. The third-order valence-corrected chi connectivity index (χ3v) is 10.2. The van der Waals surface area contributed by atoms with Crippen molar-refractivity contribution in [2.24, 2.45) is 0 Å². The van der Waals surface area contributed by atoms with Gasteiger partial charge in [0.25, 0.3) is 0 Å². The van der Waals surface area contributed by atoms with Crippen molar-refractivity contribution in [3.63, 3.8) is 0 Å². The lowest BCUT2D eigenvalue weighted by molar-refractivity contribution is 0.660. The van der Waals surface area contributed by atoms with Gasteiger partial charge >= 0.3 is 0 Å². The second-order valence-electron chi connectivity index (χ2n) is 13.7. The fraction of sp³-hybridized carbons (Fsp3) is 0.0625. The van der Waals surface area contributed by atoms with Gasteiger partial charge in [-0.3, -0.25) is 0 Å². The summed E-state index contributed by atoms with van der Waals surface area (Å²) in [7, 11) is 0. The quantitative estimate of drug-likeness (QED) is 0.183. The van der Waals surface area contributed by atoms with Crippen molar-refractivity contribution in [3.8, 4) is 67.5 Å². The maximum atomic E-state index is 8.91. The van der Waals surface area contributed by atoms with Crippen molar-refractivity contribution in [3.05, 3.63) is 175 Å². The summed E-state index contributed by atoms with van der Waals surface area (Å²) in [5.74, 6) is 1.49. The van der Waals surface area contributed by atoms with E-state index in [-0.39, 0.29) is 23.1 Å². The molecule has 0 unspecified atom stereocenters. The minimum atomic E-state index is -0.452. The molecule has 9 aromatic rings. The highest BCUT2D eigenvalue weighted by atomic mass is 16.3. The van der Waals surface area contributed by atoms with Crippen LogP contribution in [0.1, 0.15) is 31.8 Å². The smallest absolute Gasteiger partial charge is 0.164 e. The highest BCUT2D eigenvalue weighted by molar-refractivity contribution is 6.16. The molecule has 52 heavy (non-hydrogen) atoms. The Balaban J connectivity index is 1.25. The van der Waals surface area contributed by atoms with E-state index < -0.39 is 18.1 Å². The number of aromatic nitrogens is 3. The molecule has 4 heteroatoms. The monoisotopic (exact) mass is 672 g/mol. The van der Waals surface area contributed by atoms with Gasteiger partial charge in [-0.25, -0.2) is 15.0 Å². The Hall–Kier alpha value is -6.65. The second kappa shape index (κ2) is 11.7.